The number of halogens is 1. The Bertz CT molecular complexity index is 1820. The summed E-state index contributed by atoms with van der Waals surface area (Å²) in [4.78, 5) is 0. The fourth-order valence-electron chi connectivity index (χ4n) is 5.40. The van der Waals surface area contributed by atoms with Gasteiger partial charge in [-0.05, 0) is 52.9 Å². The van der Waals surface area contributed by atoms with Crippen molar-refractivity contribution in [3.05, 3.63) is 84.3 Å². The van der Waals surface area contributed by atoms with Crippen LogP contribution in [0.4, 0.5) is 4.39 Å². The van der Waals surface area contributed by atoms with Crippen LogP contribution >= 0.6 is 0 Å². The maximum absolute atomic E-state index is 14.6. The Balaban J connectivity index is 1.95. The highest BCUT2D eigenvalue weighted by atomic mass is 19.1. The van der Waals surface area contributed by atoms with Gasteiger partial charge in [0, 0.05) is 16.8 Å². The molecular weight excluding hydrogens is 371 g/mol. The Kier molecular flexibility index (Phi) is 2.82. The molecule has 7 rings (SSSR count). The third kappa shape index (κ3) is 1.81. The Labute approximate surface area is 171 Å². The van der Waals surface area contributed by atoms with Crippen LogP contribution in [-0.4, -0.2) is 4.40 Å². The van der Waals surface area contributed by atoms with Crippen molar-refractivity contribution in [1.29, 1.82) is 0 Å². The van der Waals surface area contributed by atoms with Gasteiger partial charge in [-0.1, -0.05) is 36.4 Å². The van der Waals surface area contributed by atoms with E-state index in [1.165, 1.54) is 37.8 Å². The summed E-state index contributed by atoms with van der Waals surface area (Å²) in [6.07, 6.45) is 2.10. The molecule has 0 aliphatic rings. The molecule has 0 saturated carbocycles. The van der Waals surface area contributed by atoms with Gasteiger partial charge < -0.3 is 4.40 Å². The summed E-state index contributed by atoms with van der Waals surface area (Å²) in [5.41, 5.74) is 5.33. The first-order chi connectivity index (χ1) is 14.6. The highest BCUT2D eigenvalue weighted by Crippen LogP contribution is 2.41. The average Bonchev–Trinajstić information content (AvgIpc) is 3.06. The summed E-state index contributed by atoms with van der Waals surface area (Å²) >= 11 is 0. The predicted molar refractivity (Wildman–Crippen MR) is 122 cm³/mol. The molecule has 0 saturated heterocycles. The molecule has 0 N–H and O–H groups in total. The molecule has 0 amide bonds. The lowest BCUT2D eigenvalue weighted by atomic mass is 9.99. The van der Waals surface area contributed by atoms with Crippen molar-refractivity contribution in [2.24, 2.45) is 7.05 Å². The number of hydrogen-bond donors (Lipinski definition) is 0. The Morgan fingerprint density at radius 3 is 2.40 bits per heavy atom. The number of benzene rings is 4. The number of aryl methyl sites for hydroxylation is 2. The summed E-state index contributed by atoms with van der Waals surface area (Å²) < 4.78 is 19.1. The summed E-state index contributed by atoms with van der Waals surface area (Å²) in [6.45, 7) is 2.01. The predicted octanol–water partition coefficient (Wildman–Crippen LogP) is 6.42. The fourth-order valence-corrected chi connectivity index (χ4v) is 5.40. The normalized spacial score (nSPS) is 12.5. The third-order valence-corrected chi connectivity index (χ3v) is 6.65. The van der Waals surface area contributed by atoms with E-state index >= 15 is 0 Å². The first-order valence-corrected chi connectivity index (χ1v) is 10.2. The van der Waals surface area contributed by atoms with Crippen molar-refractivity contribution in [3.63, 3.8) is 0 Å². The molecule has 2 nitrogen and oxygen atoms in total. The molecule has 0 bridgehead atoms. The number of fused-ring (bicyclic) bond motifs is 7. The zero-order chi connectivity index (χ0) is 20.1. The van der Waals surface area contributed by atoms with Gasteiger partial charge in [0.25, 0.3) is 0 Å². The summed E-state index contributed by atoms with van der Waals surface area (Å²) in [5.74, 6) is -0.198. The second-order valence-corrected chi connectivity index (χ2v) is 8.37. The highest BCUT2D eigenvalue weighted by Gasteiger charge is 2.24. The summed E-state index contributed by atoms with van der Waals surface area (Å²) in [5, 5.41) is 8.38. The van der Waals surface area contributed by atoms with E-state index in [9.17, 15) is 4.39 Å². The van der Waals surface area contributed by atoms with Gasteiger partial charge in [-0.25, -0.2) is 8.96 Å². The minimum absolute atomic E-state index is 0.198. The second-order valence-electron chi connectivity index (χ2n) is 8.37. The Hall–Kier alpha value is -3.72. The van der Waals surface area contributed by atoms with Gasteiger partial charge in [0.2, 0.25) is 5.52 Å². The summed E-state index contributed by atoms with van der Waals surface area (Å²) in [7, 11) is 2.08. The van der Waals surface area contributed by atoms with E-state index in [0.717, 1.165) is 27.5 Å². The number of rotatable bonds is 0. The third-order valence-electron chi connectivity index (χ3n) is 6.65. The number of pyridine rings is 2. The minimum Gasteiger partial charge on any atom is -0.307 e. The van der Waals surface area contributed by atoms with Gasteiger partial charge in [0.05, 0.1) is 27.3 Å². The quantitative estimate of drug-likeness (QED) is 0.161. The van der Waals surface area contributed by atoms with Crippen LogP contribution in [0.15, 0.2) is 72.9 Å². The molecule has 0 spiro atoms. The van der Waals surface area contributed by atoms with E-state index in [-0.39, 0.29) is 5.82 Å². The van der Waals surface area contributed by atoms with Crippen LogP contribution in [0.25, 0.3) is 59.8 Å². The van der Waals surface area contributed by atoms with Crippen LogP contribution < -0.4 is 4.57 Å². The van der Waals surface area contributed by atoms with E-state index in [4.69, 9.17) is 0 Å². The van der Waals surface area contributed by atoms with E-state index in [0.29, 0.717) is 0 Å². The van der Waals surface area contributed by atoms with Crippen LogP contribution in [-0.2, 0) is 7.05 Å². The van der Waals surface area contributed by atoms with Crippen molar-refractivity contribution in [3.8, 4) is 0 Å². The lowest BCUT2D eigenvalue weighted by molar-refractivity contribution is -0.643. The molecule has 0 unspecified atom stereocenters. The van der Waals surface area contributed by atoms with E-state index in [2.05, 4.69) is 76.8 Å². The molecule has 3 heterocycles. The van der Waals surface area contributed by atoms with Crippen molar-refractivity contribution in [2.45, 2.75) is 6.92 Å². The SMILES string of the molecule is Cc1cc(F)cc2c1c1c3c(ccc4c5cc6ccccc6cc5n2c43)cc[n+]1C. The molecule has 0 aliphatic heterocycles. The van der Waals surface area contributed by atoms with Gasteiger partial charge in [-0.3, -0.25) is 0 Å². The molecule has 0 fully saturated rings. The van der Waals surface area contributed by atoms with E-state index in [1.54, 1.807) is 12.1 Å². The molecule has 142 valence electrons. The van der Waals surface area contributed by atoms with Gasteiger partial charge in [0.1, 0.15) is 12.9 Å². The number of aromatic nitrogens is 2. The molecule has 3 heteroatoms. The largest absolute Gasteiger partial charge is 0.307 e. The number of nitrogens with zero attached hydrogens (tertiary/aromatic N) is 2. The lowest BCUT2D eigenvalue weighted by Gasteiger charge is -2.13. The molecule has 3 aromatic heterocycles. The highest BCUT2D eigenvalue weighted by molar-refractivity contribution is 6.28. The monoisotopic (exact) mass is 389 g/mol. The van der Waals surface area contributed by atoms with Crippen LogP contribution in [0.5, 0.6) is 0 Å². The van der Waals surface area contributed by atoms with E-state index in [1.807, 2.05) is 6.92 Å². The average molecular weight is 389 g/mol. The standard InChI is InChI=1S/C27H18FN2/c1-15-11-19(28)14-23-24(15)27-25-16(9-10-29(27)2)7-8-20-21-12-17-5-3-4-6-18(17)13-22(21)30(23)26(20)25/h3-14H,1-2H3/q+1. The van der Waals surface area contributed by atoms with Crippen molar-refractivity contribution in [2.75, 3.05) is 0 Å². The zero-order valence-corrected chi connectivity index (χ0v) is 16.7. The zero-order valence-electron chi connectivity index (χ0n) is 16.7. The van der Waals surface area contributed by atoms with Crippen molar-refractivity contribution >= 4 is 59.8 Å². The topological polar surface area (TPSA) is 8.29 Å². The maximum atomic E-state index is 14.6. The molecule has 4 aromatic carbocycles. The molecule has 0 atom stereocenters. The molecule has 0 aliphatic carbocycles. The van der Waals surface area contributed by atoms with Gasteiger partial charge in [-0.15, -0.1) is 0 Å². The van der Waals surface area contributed by atoms with Crippen molar-refractivity contribution in [1.82, 2.24) is 4.40 Å². The van der Waals surface area contributed by atoms with Crippen LogP contribution in [0, 0.1) is 12.7 Å². The van der Waals surface area contributed by atoms with E-state index < -0.39 is 0 Å². The van der Waals surface area contributed by atoms with Crippen LogP contribution in [0.3, 0.4) is 0 Å². The summed E-state index contributed by atoms with van der Waals surface area (Å²) in [6, 6.07) is 22.9. The second kappa shape index (κ2) is 5.25. The van der Waals surface area contributed by atoms with Crippen LogP contribution in [0.2, 0.25) is 0 Å². The van der Waals surface area contributed by atoms with Gasteiger partial charge in [-0.2, -0.15) is 0 Å². The smallest absolute Gasteiger partial charge is 0.224 e. The lowest BCUT2D eigenvalue weighted by Crippen LogP contribution is -2.28. The molecule has 30 heavy (non-hydrogen) atoms. The van der Waals surface area contributed by atoms with Crippen LogP contribution in [0.1, 0.15) is 5.56 Å². The van der Waals surface area contributed by atoms with Gasteiger partial charge >= 0.3 is 0 Å². The van der Waals surface area contributed by atoms with Crippen molar-refractivity contribution < 1.29 is 8.96 Å². The minimum atomic E-state index is -0.198. The first kappa shape index (κ1) is 16.1. The molecule has 7 aromatic rings. The maximum Gasteiger partial charge on any atom is 0.224 e. The van der Waals surface area contributed by atoms with Gasteiger partial charge in [0.15, 0.2) is 6.20 Å². The first-order valence-electron chi connectivity index (χ1n) is 10.2. The Morgan fingerprint density at radius 1 is 0.767 bits per heavy atom. The Morgan fingerprint density at radius 2 is 1.57 bits per heavy atom. The number of hydrogen-bond acceptors (Lipinski definition) is 0. The fraction of sp³-hybridized carbons (Fsp3) is 0.0741. The molecule has 0 radical (unpaired) electrons. The molecular formula is C27H18FN2+.